The van der Waals surface area contributed by atoms with Crippen LogP contribution >= 0.6 is 34.2 Å². The van der Waals surface area contributed by atoms with Gasteiger partial charge in [0, 0.05) is 7.05 Å². The molecular weight excluding hydrogens is 200 g/mol. The molecule has 0 N–H and O–H groups in total. The van der Waals surface area contributed by atoms with E-state index in [4.69, 9.17) is 11.6 Å². The molecule has 30 valence electrons. The average molecular weight is 203 g/mol. The zero-order valence-corrected chi connectivity index (χ0v) is 5.62. The summed E-state index contributed by atoms with van der Waals surface area (Å²) < 4.78 is 0.572. The van der Waals surface area contributed by atoms with Gasteiger partial charge in [-0.1, -0.05) is 11.6 Å². The molecule has 0 aromatic carbocycles. The minimum atomic E-state index is 0.572. The molecule has 0 heterocycles. The third-order valence-corrected chi connectivity index (χ3v) is 0.820. The van der Waals surface area contributed by atoms with Crippen LogP contribution in [0.4, 0.5) is 0 Å². The van der Waals surface area contributed by atoms with Crippen molar-refractivity contribution in [1.29, 1.82) is 0 Å². The molecule has 0 aromatic rings. The Labute approximate surface area is 49.6 Å². The summed E-state index contributed by atoms with van der Waals surface area (Å²) in [5.74, 6) is 0. The maximum Gasteiger partial charge on any atom is 0.161 e. The van der Waals surface area contributed by atoms with E-state index in [1.165, 1.54) is 0 Å². The smallest absolute Gasteiger partial charge is 0.161 e. The molecule has 0 aliphatic heterocycles. The van der Waals surface area contributed by atoms with Gasteiger partial charge in [0.2, 0.25) is 0 Å². The van der Waals surface area contributed by atoms with E-state index < -0.39 is 0 Å². The molecular formula is C2H3ClIN. The third-order valence-electron chi connectivity index (χ3n) is 0.169. The number of aliphatic imine (C=N–C) groups is 1. The highest BCUT2D eigenvalue weighted by molar-refractivity contribution is 14.1. The lowest BCUT2D eigenvalue weighted by molar-refractivity contribution is 1.48. The molecule has 0 radical (unpaired) electrons. The molecule has 0 fully saturated rings. The maximum absolute atomic E-state index is 5.20. The fraction of sp³-hybridized carbons (Fsp3) is 0.500. The van der Waals surface area contributed by atoms with E-state index in [0.29, 0.717) is 3.18 Å². The van der Waals surface area contributed by atoms with Crippen molar-refractivity contribution in [3.05, 3.63) is 0 Å². The fourth-order valence-corrected chi connectivity index (χ4v) is 0. The van der Waals surface area contributed by atoms with Crippen LogP contribution in [0.25, 0.3) is 0 Å². The molecule has 0 saturated heterocycles. The normalized spacial score (nSPS) is 12.2. The van der Waals surface area contributed by atoms with Gasteiger partial charge in [-0.2, -0.15) is 0 Å². The van der Waals surface area contributed by atoms with E-state index in [2.05, 4.69) is 4.99 Å². The fourth-order valence-electron chi connectivity index (χ4n) is 0. The third kappa shape index (κ3) is 4.69. The van der Waals surface area contributed by atoms with Crippen molar-refractivity contribution in [2.24, 2.45) is 4.99 Å². The molecule has 0 rings (SSSR count). The van der Waals surface area contributed by atoms with Crippen LogP contribution < -0.4 is 0 Å². The van der Waals surface area contributed by atoms with Gasteiger partial charge >= 0.3 is 0 Å². The van der Waals surface area contributed by atoms with Gasteiger partial charge < -0.3 is 0 Å². The van der Waals surface area contributed by atoms with Crippen LogP contribution in [-0.2, 0) is 0 Å². The number of halogens is 2. The molecule has 0 unspecified atom stereocenters. The Morgan fingerprint density at radius 1 is 2.00 bits per heavy atom. The summed E-state index contributed by atoms with van der Waals surface area (Å²) in [6.45, 7) is 0. The summed E-state index contributed by atoms with van der Waals surface area (Å²) in [5, 5.41) is 0. The summed E-state index contributed by atoms with van der Waals surface area (Å²) >= 11 is 7.12. The van der Waals surface area contributed by atoms with Crippen LogP contribution in [0.5, 0.6) is 0 Å². The van der Waals surface area contributed by atoms with Crippen molar-refractivity contribution >= 4 is 37.4 Å². The molecule has 0 saturated carbocycles. The first-order valence-corrected chi connectivity index (χ1v) is 2.51. The molecule has 3 heteroatoms. The van der Waals surface area contributed by atoms with E-state index in [9.17, 15) is 0 Å². The number of hydrogen-bond donors (Lipinski definition) is 0. The van der Waals surface area contributed by atoms with Gasteiger partial charge in [0.1, 0.15) is 0 Å². The minimum absolute atomic E-state index is 0.572. The second kappa shape index (κ2) is 2.90. The molecule has 0 bridgehead atoms. The molecule has 0 aliphatic carbocycles. The Hall–Kier alpha value is 0.690. The summed E-state index contributed by atoms with van der Waals surface area (Å²) in [5.41, 5.74) is 0. The van der Waals surface area contributed by atoms with Crippen molar-refractivity contribution < 1.29 is 0 Å². The molecule has 1 nitrogen and oxygen atoms in total. The first kappa shape index (κ1) is 5.69. The zero-order valence-electron chi connectivity index (χ0n) is 2.70. The van der Waals surface area contributed by atoms with Gasteiger partial charge in [0.25, 0.3) is 0 Å². The van der Waals surface area contributed by atoms with Gasteiger partial charge in [0.05, 0.1) is 0 Å². The standard InChI is InChI=1S/C2H3ClIN/c1-5-2(3)4/h1H3. The monoisotopic (exact) mass is 203 g/mol. The highest BCUT2D eigenvalue weighted by Gasteiger charge is 1.69. The van der Waals surface area contributed by atoms with E-state index in [1.54, 1.807) is 7.05 Å². The lowest BCUT2D eigenvalue weighted by Gasteiger charge is -1.67. The molecule has 0 spiro atoms. The molecule has 0 amide bonds. The predicted molar refractivity (Wildman–Crippen MR) is 33.2 cm³/mol. The number of hydrogen-bond acceptors (Lipinski definition) is 1. The lowest BCUT2D eigenvalue weighted by atomic mass is 11.4. The average Bonchev–Trinajstić information content (AvgIpc) is 1.38. The van der Waals surface area contributed by atoms with Crippen molar-refractivity contribution in [2.75, 3.05) is 7.05 Å². The lowest BCUT2D eigenvalue weighted by Crippen LogP contribution is -1.59. The Bertz CT molecular complexity index is 47.6. The van der Waals surface area contributed by atoms with Gasteiger partial charge in [0.15, 0.2) is 3.18 Å². The second-order valence-electron chi connectivity index (χ2n) is 0.464. The highest BCUT2D eigenvalue weighted by Crippen LogP contribution is 1.91. The number of nitrogens with zero attached hydrogens (tertiary/aromatic N) is 1. The van der Waals surface area contributed by atoms with Gasteiger partial charge in [-0.05, 0) is 22.6 Å². The minimum Gasteiger partial charge on any atom is -0.271 e. The van der Waals surface area contributed by atoms with Crippen molar-refractivity contribution in [3.63, 3.8) is 0 Å². The van der Waals surface area contributed by atoms with Crippen LogP contribution in [0.3, 0.4) is 0 Å². The highest BCUT2D eigenvalue weighted by atomic mass is 127. The van der Waals surface area contributed by atoms with Crippen LogP contribution in [0.2, 0.25) is 0 Å². The topological polar surface area (TPSA) is 12.4 Å². The second-order valence-corrected chi connectivity index (χ2v) is 2.48. The molecule has 0 aliphatic rings. The van der Waals surface area contributed by atoms with E-state index >= 15 is 0 Å². The van der Waals surface area contributed by atoms with Crippen LogP contribution in [0.15, 0.2) is 4.99 Å². The summed E-state index contributed by atoms with van der Waals surface area (Å²) in [6.07, 6.45) is 0. The van der Waals surface area contributed by atoms with Gasteiger partial charge in [-0.3, -0.25) is 4.99 Å². The number of rotatable bonds is 0. The van der Waals surface area contributed by atoms with Crippen molar-refractivity contribution in [1.82, 2.24) is 0 Å². The van der Waals surface area contributed by atoms with E-state index in [-0.39, 0.29) is 0 Å². The summed E-state index contributed by atoms with van der Waals surface area (Å²) in [4.78, 5) is 3.56. The SMILES string of the molecule is CN=C(Cl)I. The van der Waals surface area contributed by atoms with Crippen molar-refractivity contribution in [3.8, 4) is 0 Å². The van der Waals surface area contributed by atoms with Crippen LogP contribution in [-0.4, -0.2) is 10.2 Å². The molecule has 0 atom stereocenters. The largest absolute Gasteiger partial charge is 0.271 e. The molecule has 0 aromatic heterocycles. The van der Waals surface area contributed by atoms with Gasteiger partial charge in [-0.25, -0.2) is 0 Å². The Morgan fingerprint density at radius 3 is 2.20 bits per heavy atom. The Morgan fingerprint density at radius 2 is 2.20 bits per heavy atom. The summed E-state index contributed by atoms with van der Waals surface area (Å²) in [6, 6.07) is 0. The van der Waals surface area contributed by atoms with E-state index in [0.717, 1.165) is 0 Å². The van der Waals surface area contributed by atoms with E-state index in [1.807, 2.05) is 22.6 Å². The predicted octanol–water partition coefficient (Wildman–Crippen LogP) is 1.65. The molecule has 5 heavy (non-hydrogen) atoms. The maximum atomic E-state index is 5.20. The zero-order chi connectivity index (χ0) is 4.28. The van der Waals surface area contributed by atoms with Crippen LogP contribution in [0.1, 0.15) is 0 Å². The summed E-state index contributed by atoms with van der Waals surface area (Å²) in [7, 11) is 1.65. The Kier molecular flexibility index (Phi) is 3.30. The first-order chi connectivity index (χ1) is 2.27. The first-order valence-electron chi connectivity index (χ1n) is 1.05. The van der Waals surface area contributed by atoms with Crippen LogP contribution in [0, 0.1) is 0 Å². The van der Waals surface area contributed by atoms with Crippen molar-refractivity contribution in [2.45, 2.75) is 0 Å². The Balaban J connectivity index is 3.14. The van der Waals surface area contributed by atoms with Gasteiger partial charge in [-0.15, -0.1) is 0 Å². The quantitative estimate of drug-likeness (QED) is 0.419.